The van der Waals surface area contributed by atoms with Gasteiger partial charge in [0.25, 0.3) is 0 Å². The minimum Gasteiger partial charge on any atom is -0.370 e. The van der Waals surface area contributed by atoms with Gasteiger partial charge < -0.3 is 10.2 Å². The van der Waals surface area contributed by atoms with Gasteiger partial charge in [-0.05, 0) is 44.7 Å². The summed E-state index contributed by atoms with van der Waals surface area (Å²) < 4.78 is -0.933. The molecule has 0 bridgehead atoms. The number of carbonyl (C=O) groups is 1. The van der Waals surface area contributed by atoms with Gasteiger partial charge in [-0.25, -0.2) is 0 Å². The summed E-state index contributed by atoms with van der Waals surface area (Å²) in [7, 11) is 0. The summed E-state index contributed by atoms with van der Waals surface area (Å²) in [6.07, 6.45) is 4.18. The van der Waals surface area contributed by atoms with Crippen LogP contribution in [0.2, 0.25) is 0 Å². The first-order valence-electron chi connectivity index (χ1n) is 7.47. The number of alkyl halides is 2. The summed E-state index contributed by atoms with van der Waals surface area (Å²) in [6, 6.07) is 7.95. The number of hydrogen-bond donors (Lipinski definition) is 1. The SMILES string of the molecule is CC1(C(=O)Nc2ccccc2N2CCCCC2)CC1(Cl)Cl. The molecule has 114 valence electrons. The van der Waals surface area contributed by atoms with Crippen LogP contribution in [0.3, 0.4) is 0 Å². The maximum absolute atomic E-state index is 12.4. The summed E-state index contributed by atoms with van der Waals surface area (Å²) in [4.78, 5) is 14.8. The molecule has 0 spiro atoms. The van der Waals surface area contributed by atoms with Crippen molar-refractivity contribution in [1.82, 2.24) is 0 Å². The van der Waals surface area contributed by atoms with Gasteiger partial charge in [-0.15, -0.1) is 23.2 Å². The highest BCUT2D eigenvalue weighted by Crippen LogP contribution is 2.64. The molecule has 3 rings (SSSR count). The molecule has 5 heteroatoms. The second-order valence-electron chi connectivity index (χ2n) is 6.23. The van der Waals surface area contributed by atoms with E-state index in [1.54, 1.807) is 0 Å². The van der Waals surface area contributed by atoms with E-state index in [-0.39, 0.29) is 5.91 Å². The molecule has 1 aromatic rings. The zero-order valence-corrected chi connectivity index (χ0v) is 13.7. The first kappa shape index (κ1) is 15.0. The summed E-state index contributed by atoms with van der Waals surface area (Å²) in [5.41, 5.74) is 1.25. The molecule has 0 radical (unpaired) electrons. The number of benzene rings is 1. The van der Waals surface area contributed by atoms with Crippen molar-refractivity contribution in [1.29, 1.82) is 0 Å². The van der Waals surface area contributed by atoms with Gasteiger partial charge in [-0.2, -0.15) is 0 Å². The average molecular weight is 327 g/mol. The van der Waals surface area contributed by atoms with Crippen molar-refractivity contribution < 1.29 is 4.79 Å². The van der Waals surface area contributed by atoms with Crippen molar-refractivity contribution >= 4 is 40.5 Å². The second-order valence-corrected chi connectivity index (χ2v) is 7.72. The molecule has 2 fully saturated rings. The van der Waals surface area contributed by atoms with Gasteiger partial charge in [-0.1, -0.05) is 12.1 Å². The van der Waals surface area contributed by atoms with Gasteiger partial charge in [0, 0.05) is 13.1 Å². The van der Waals surface area contributed by atoms with Crippen LogP contribution in [-0.2, 0) is 4.79 Å². The zero-order chi connectivity index (χ0) is 15.1. The smallest absolute Gasteiger partial charge is 0.233 e. The van der Waals surface area contributed by atoms with E-state index in [1.165, 1.54) is 19.3 Å². The molecule has 1 N–H and O–H groups in total. The molecule has 1 aromatic carbocycles. The minimum atomic E-state index is -0.933. The van der Waals surface area contributed by atoms with Gasteiger partial charge in [0.05, 0.1) is 16.8 Å². The van der Waals surface area contributed by atoms with Crippen LogP contribution in [0, 0.1) is 5.41 Å². The Kier molecular flexibility index (Phi) is 3.83. The highest BCUT2D eigenvalue weighted by molar-refractivity contribution is 6.53. The highest BCUT2D eigenvalue weighted by atomic mass is 35.5. The van der Waals surface area contributed by atoms with Gasteiger partial charge in [0.2, 0.25) is 5.91 Å². The van der Waals surface area contributed by atoms with Crippen molar-refractivity contribution in [3.8, 4) is 0 Å². The Morgan fingerprint density at radius 3 is 2.43 bits per heavy atom. The van der Waals surface area contributed by atoms with Crippen LogP contribution < -0.4 is 10.2 Å². The molecule has 1 saturated heterocycles. The lowest BCUT2D eigenvalue weighted by molar-refractivity contribution is -0.120. The molecular formula is C16H20Cl2N2O. The minimum absolute atomic E-state index is 0.100. The lowest BCUT2D eigenvalue weighted by Gasteiger charge is -2.30. The van der Waals surface area contributed by atoms with Crippen molar-refractivity contribution in [3.63, 3.8) is 0 Å². The number of para-hydroxylation sites is 2. The Balaban J connectivity index is 1.78. The van der Waals surface area contributed by atoms with E-state index in [0.717, 1.165) is 24.5 Å². The van der Waals surface area contributed by atoms with Crippen LogP contribution in [-0.4, -0.2) is 23.3 Å². The van der Waals surface area contributed by atoms with Crippen molar-refractivity contribution in [2.45, 2.75) is 36.9 Å². The lowest BCUT2D eigenvalue weighted by atomic mass is 10.1. The third kappa shape index (κ3) is 2.74. The molecule has 3 nitrogen and oxygen atoms in total. The van der Waals surface area contributed by atoms with Gasteiger partial charge in [0.15, 0.2) is 0 Å². The summed E-state index contributed by atoms with van der Waals surface area (Å²) >= 11 is 12.2. The molecule has 21 heavy (non-hydrogen) atoms. The van der Waals surface area contributed by atoms with E-state index in [0.29, 0.717) is 6.42 Å². The van der Waals surface area contributed by atoms with Crippen molar-refractivity contribution in [2.24, 2.45) is 5.41 Å². The van der Waals surface area contributed by atoms with Crippen LogP contribution in [0.25, 0.3) is 0 Å². The largest absolute Gasteiger partial charge is 0.370 e. The summed E-state index contributed by atoms with van der Waals surface area (Å²) in [5, 5.41) is 3.02. The topological polar surface area (TPSA) is 32.3 Å². The number of nitrogens with one attached hydrogen (secondary N) is 1. The predicted octanol–water partition coefficient (Wildman–Crippen LogP) is 4.20. The van der Waals surface area contributed by atoms with Crippen molar-refractivity contribution in [2.75, 3.05) is 23.3 Å². The standard InChI is InChI=1S/C16H20Cl2N2O/c1-15(11-16(15,17)18)14(21)19-12-7-3-4-8-13(12)20-9-5-2-6-10-20/h3-4,7-8H,2,5-6,9-11H2,1H3,(H,19,21). The van der Waals surface area contributed by atoms with Crippen molar-refractivity contribution in [3.05, 3.63) is 24.3 Å². The predicted molar refractivity (Wildman–Crippen MR) is 88.3 cm³/mol. The highest BCUT2D eigenvalue weighted by Gasteiger charge is 2.67. The Morgan fingerprint density at radius 2 is 1.81 bits per heavy atom. The number of halogens is 2. The third-order valence-electron chi connectivity index (χ3n) is 4.61. The first-order chi connectivity index (χ1) is 9.94. The van der Waals surface area contributed by atoms with E-state index in [1.807, 2.05) is 25.1 Å². The Hall–Kier alpha value is -0.930. The molecule has 1 unspecified atom stereocenters. The lowest BCUT2D eigenvalue weighted by Crippen LogP contribution is -2.31. The average Bonchev–Trinajstić information content (AvgIpc) is 3.00. The number of piperidine rings is 1. The summed E-state index contributed by atoms with van der Waals surface area (Å²) in [6.45, 7) is 3.89. The molecule has 1 saturated carbocycles. The van der Waals surface area contributed by atoms with E-state index in [4.69, 9.17) is 23.2 Å². The number of rotatable bonds is 3. The third-order valence-corrected chi connectivity index (χ3v) is 5.71. The van der Waals surface area contributed by atoms with Crippen LogP contribution in [0.15, 0.2) is 24.3 Å². The number of amides is 1. The number of nitrogens with zero attached hydrogens (tertiary/aromatic N) is 1. The summed E-state index contributed by atoms with van der Waals surface area (Å²) in [5.74, 6) is -0.100. The number of hydrogen-bond acceptors (Lipinski definition) is 2. The quantitative estimate of drug-likeness (QED) is 0.844. The Labute approximate surface area is 135 Å². The molecule has 2 aliphatic rings. The molecule has 1 aliphatic heterocycles. The normalized spacial score (nSPS) is 27.3. The second kappa shape index (κ2) is 5.36. The van der Waals surface area contributed by atoms with E-state index < -0.39 is 9.75 Å². The van der Waals surface area contributed by atoms with Crippen LogP contribution in [0.5, 0.6) is 0 Å². The van der Waals surface area contributed by atoms with E-state index >= 15 is 0 Å². The molecule has 1 aliphatic carbocycles. The van der Waals surface area contributed by atoms with E-state index in [2.05, 4.69) is 16.3 Å². The van der Waals surface area contributed by atoms with Gasteiger partial charge in [-0.3, -0.25) is 4.79 Å². The van der Waals surface area contributed by atoms with E-state index in [9.17, 15) is 4.79 Å². The maximum atomic E-state index is 12.4. The monoisotopic (exact) mass is 326 g/mol. The Bertz CT molecular complexity index is 555. The molecule has 1 heterocycles. The molecular weight excluding hydrogens is 307 g/mol. The van der Waals surface area contributed by atoms with Gasteiger partial charge in [0.1, 0.15) is 4.33 Å². The number of anilines is 2. The zero-order valence-electron chi connectivity index (χ0n) is 12.2. The fourth-order valence-corrected chi connectivity index (χ4v) is 3.60. The number of carbonyl (C=O) groups excluding carboxylic acids is 1. The molecule has 1 amide bonds. The fraction of sp³-hybridized carbons (Fsp3) is 0.562. The molecule has 0 aromatic heterocycles. The first-order valence-corrected chi connectivity index (χ1v) is 8.23. The molecule has 1 atom stereocenters. The van der Waals surface area contributed by atoms with Gasteiger partial charge >= 0.3 is 0 Å². The maximum Gasteiger partial charge on any atom is 0.233 e. The van der Waals surface area contributed by atoms with Crippen LogP contribution in [0.1, 0.15) is 32.6 Å². The fourth-order valence-electron chi connectivity index (χ4n) is 2.90. The van der Waals surface area contributed by atoms with Crippen LogP contribution in [0.4, 0.5) is 11.4 Å². The van der Waals surface area contributed by atoms with Crippen LogP contribution >= 0.6 is 23.2 Å². The Morgan fingerprint density at radius 1 is 1.19 bits per heavy atom.